The van der Waals surface area contributed by atoms with E-state index in [4.69, 9.17) is 8.83 Å². The lowest BCUT2D eigenvalue weighted by atomic mass is 10.1. The molecule has 0 atom stereocenters. The third kappa shape index (κ3) is 2.86. The Morgan fingerprint density at radius 3 is 2.65 bits per heavy atom. The molecular formula is C20H16N2O4. The lowest BCUT2D eigenvalue weighted by Crippen LogP contribution is -2.20. The molecule has 4 aromatic rings. The summed E-state index contributed by atoms with van der Waals surface area (Å²) in [6.45, 7) is 3.98. The van der Waals surface area contributed by atoms with Crippen LogP contribution < -0.4 is 10.9 Å². The van der Waals surface area contributed by atoms with Crippen LogP contribution in [0.1, 0.15) is 36.0 Å². The Morgan fingerprint density at radius 1 is 1.04 bits per heavy atom. The highest BCUT2D eigenvalue weighted by atomic mass is 16.4. The molecule has 0 radical (unpaired) electrons. The number of anilines is 1. The molecule has 4 rings (SSSR count). The first-order valence-electron chi connectivity index (χ1n) is 8.26. The second-order valence-corrected chi connectivity index (χ2v) is 6.33. The average Bonchev–Trinajstić information content (AvgIpc) is 3.04. The number of nitrogens with zero attached hydrogens (tertiary/aromatic N) is 1. The molecular weight excluding hydrogens is 332 g/mol. The van der Waals surface area contributed by atoms with Crippen molar-refractivity contribution in [3.05, 3.63) is 70.4 Å². The van der Waals surface area contributed by atoms with Crippen molar-refractivity contribution >= 4 is 33.7 Å². The fourth-order valence-corrected chi connectivity index (χ4v) is 2.69. The first kappa shape index (κ1) is 16.1. The van der Waals surface area contributed by atoms with Gasteiger partial charge in [0, 0.05) is 17.0 Å². The summed E-state index contributed by atoms with van der Waals surface area (Å²) in [6, 6.07) is 13.7. The van der Waals surface area contributed by atoms with Crippen LogP contribution in [-0.4, -0.2) is 10.9 Å². The van der Waals surface area contributed by atoms with Crippen molar-refractivity contribution in [3.63, 3.8) is 0 Å². The Labute approximate surface area is 148 Å². The number of rotatable bonds is 3. The maximum absolute atomic E-state index is 12.5. The minimum absolute atomic E-state index is 0.0492. The van der Waals surface area contributed by atoms with Crippen molar-refractivity contribution in [3.8, 4) is 0 Å². The van der Waals surface area contributed by atoms with Crippen molar-refractivity contribution in [1.82, 2.24) is 4.98 Å². The van der Waals surface area contributed by atoms with Gasteiger partial charge in [-0.25, -0.2) is 9.78 Å². The number of benzene rings is 2. The highest BCUT2D eigenvalue weighted by Gasteiger charge is 2.15. The summed E-state index contributed by atoms with van der Waals surface area (Å²) in [7, 11) is 0. The maximum atomic E-state index is 12.5. The Morgan fingerprint density at radius 2 is 1.85 bits per heavy atom. The summed E-state index contributed by atoms with van der Waals surface area (Å²) < 4.78 is 10.9. The first-order valence-corrected chi connectivity index (χ1v) is 8.26. The summed E-state index contributed by atoms with van der Waals surface area (Å²) >= 11 is 0. The number of para-hydroxylation sites is 1. The van der Waals surface area contributed by atoms with E-state index in [-0.39, 0.29) is 11.5 Å². The van der Waals surface area contributed by atoms with Gasteiger partial charge in [-0.2, -0.15) is 0 Å². The van der Waals surface area contributed by atoms with Crippen LogP contribution in [0.15, 0.2) is 62.2 Å². The number of aromatic nitrogens is 1. The largest absolute Gasteiger partial charge is 0.440 e. The predicted molar refractivity (Wildman–Crippen MR) is 98.5 cm³/mol. The predicted octanol–water partition coefficient (Wildman–Crippen LogP) is 4.31. The second kappa shape index (κ2) is 6.15. The molecule has 0 fully saturated rings. The van der Waals surface area contributed by atoms with Crippen molar-refractivity contribution < 1.29 is 13.6 Å². The minimum atomic E-state index is -0.675. The lowest BCUT2D eigenvalue weighted by molar-refractivity contribution is 0.102. The van der Waals surface area contributed by atoms with Crippen molar-refractivity contribution in [2.75, 3.05) is 5.32 Å². The Bertz CT molecular complexity index is 1190. The van der Waals surface area contributed by atoms with Gasteiger partial charge in [0.1, 0.15) is 16.7 Å². The standard InChI is InChI=1S/C20H16N2O4/c1-11(2)19-22-15-10-13(7-8-17(15)25-19)21-18(23)14-9-12-5-3-4-6-16(12)26-20(14)24/h3-11H,1-2H3,(H,21,23). The van der Waals surface area contributed by atoms with Crippen LogP contribution in [0.25, 0.3) is 22.1 Å². The van der Waals surface area contributed by atoms with Gasteiger partial charge in [-0.1, -0.05) is 32.0 Å². The van der Waals surface area contributed by atoms with Crippen molar-refractivity contribution in [2.24, 2.45) is 0 Å². The second-order valence-electron chi connectivity index (χ2n) is 6.33. The van der Waals surface area contributed by atoms with Crippen LogP contribution in [-0.2, 0) is 0 Å². The molecule has 130 valence electrons. The van der Waals surface area contributed by atoms with E-state index in [1.807, 2.05) is 19.9 Å². The van der Waals surface area contributed by atoms with E-state index in [2.05, 4.69) is 10.3 Å². The number of amides is 1. The SMILES string of the molecule is CC(C)c1nc2cc(NC(=O)c3cc4ccccc4oc3=O)ccc2o1. The molecule has 0 aliphatic heterocycles. The molecule has 0 saturated carbocycles. The Balaban J connectivity index is 1.66. The molecule has 1 amide bonds. The van der Waals surface area contributed by atoms with Crippen LogP contribution in [0.3, 0.4) is 0 Å². The van der Waals surface area contributed by atoms with E-state index in [0.29, 0.717) is 33.6 Å². The molecule has 2 aromatic carbocycles. The molecule has 26 heavy (non-hydrogen) atoms. The van der Waals surface area contributed by atoms with Crippen LogP contribution in [0.5, 0.6) is 0 Å². The number of hydrogen-bond acceptors (Lipinski definition) is 5. The summed E-state index contributed by atoms with van der Waals surface area (Å²) in [5.74, 6) is 0.276. The van der Waals surface area contributed by atoms with E-state index in [1.54, 1.807) is 36.4 Å². The first-order chi connectivity index (χ1) is 12.5. The maximum Gasteiger partial charge on any atom is 0.349 e. The Kier molecular flexibility index (Phi) is 3.80. The van der Waals surface area contributed by atoms with E-state index in [0.717, 1.165) is 0 Å². The highest BCUT2D eigenvalue weighted by Crippen LogP contribution is 2.24. The van der Waals surface area contributed by atoms with Gasteiger partial charge in [0.25, 0.3) is 5.91 Å². The van der Waals surface area contributed by atoms with Gasteiger partial charge in [0.05, 0.1) is 0 Å². The molecule has 0 bridgehead atoms. The summed E-state index contributed by atoms with van der Waals surface area (Å²) in [6.07, 6.45) is 0. The number of nitrogens with one attached hydrogen (secondary N) is 1. The van der Waals surface area contributed by atoms with Crippen LogP contribution in [0.4, 0.5) is 5.69 Å². The van der Waals surface area contributed by atoms with E-state index in [9.17, 15) is 9.59 Å². The molecule has 1 N–H and O–H groups in total. The normalized spacial score (nSPS) is 11.3. The quantitative estimate of drug-likeness (QED) is 0.558. The zero-order chi connectivity index (χ0) is 18.3. The van der Waals surface area contributed by atoms with E-state index < -0.39 is 11.5 Å². The monoisotopic (exact) mass is 348 g/mol. The van der Waals surface area contributed by atoms with Gasteiger partial charge in [0.15, 0.2) is 11.5 Å². The van der Waals surface area contributed by atoms with Gasteiger partial charge >= 0.3 is 5.63 Å². The zero-order valence-electron chi connectivity index (χ0n) is 14.3. The molecule has 0 aliphatic carbocycles. The number of fused-ring (bicyclic) bond motifs is 2. The van der Waals surface area contributed by atoms with Gasteiger partial charge in [0.2, 0.25) is 0 Å². The number of oxazole rings is 1. The number of hydrogen-bond donors (Lipinski definition) is 1. The van der Waals surface area contributed by atoms with Crippen molar-refractivity contribution in [2.45, 2.75) is 19.8 Å². The fraction of sp³-hybridized carbons (Fsp3) is 0.150. The van der Waals surface area contributed by atoms with Crippen LogP contribution in [0, 0.1) is 0 Å². The Hall–Kier alpha value is -3.41. The number of carbonyl (C=O) groups is 1. The summed E-state index contributed by atoms with van der Waals surface area (Å²) in [5.41, 5.74) is 1.55. The average molecular weight is 348 g/mol. The van der Waals surface area contributed by atoms with Crippen LogP contribution in [0.2, 0.25) is 0 Å². The summed E-state index contributed by atoms with van der Waals surface area (Å²) in [5, 5.41) is 3.40. The number of carbonyl (C=O) groups excluding carboxylic acids is 1. The third-order valence-electron chi connectivity index (χ3n) is 4.04. The molecule has 6 heteroatoms. The lowest BCUT2D eigenvalue weighted by Gasteiger charge is -2.05. The van der Waals surface area contributed by atoms with Crippen molar-refractivity contribution in [1.29, 1.82) is 0 Å². The van der Waals surface area contributed by atoms with E-state index >= 15 is 0 Å². The van der Waals surface area contributed by atoms with Gasteiger partial charge in [-0.05, 0) is 30.3 Å². The topological polar surface area (TPSA) is 85.3 Å². The molecule has 2 heterocycles. The molecule has 0 saturated heterocycles. The molecule has 2 aromatic heterocycles. The molecule has 0 aliphatic rings. The molecule has 0 spiro atoms. The fourth-order valence-electron chi connectivity index (χ4n) is 2.69. The zero-order valence-corrected chi connectivity index (χ0v) is 14.3. The van der Waals surface area contributed by atoms with Gasteiger partial charge in [-0.3, -0.25) is 4.79 Å². The minimum Gasteiger partial charge on any atom is -0.440 e. The molecule has 0 unspecified atom stereocenters. The molecule has 6 nitrogen and oxygen atoms in total. The van der Waals surface area contributed by atoms with Gasteiger partial charge < -0.3 is 14.2 Å². The highest BCUT2D eigenvalue weighted by molar-refractivity contribution is 6.06. The van der Waals surface area contributed by atoms with Crippen LogP contribution >= 0.6 is 0 Å². The summed E-state index contributed by atoms with van der Waals surface area (Å²) in [4.78, 5) is 29.0. The van der Waals surface area contributed by atoms with Gasteiger partial charge in [-0.15, -0.1) is 0 Å². The smallest absolute Gasteiger partial charge is 0.349 e. The van der Waals surface area contributed by atoms with E-state index in [1.165, 1.54) is 6.07 Å². The third-order valence-corrected chi connectivity index (χ3v) is 4.04.